The molecule has 7 atom stereocenters. The van der Waals surface area contributed by atoms with Gasteiger partial charge in [0.15, 0.2) is 0 Å². The third kappa shape index (κ3) is 2.98. The summed E-state index contributed by atoms with van der Waals surface area (Å²) in [6.45, 7) is 12.4. The summed E-state index contributed by atoms with van der Waals surface area (Å²) in [6, 6.07) is 0. The first-order valence-electron chi connectivity index (χ1n) is 12.4. The molecule has 1 heteroatoms. The summed E-state index contributed by atoms with van der Waals surface area (Å²) in [7, 11) is 2.28. The van der Waals surface area contributed by atoms with Crippen molar-refractivity contribution in [2.75, 3.05) is 20.1 Å². The Morgan fingerprint density at radius 2 is 1.89 bits per heavy atom. The number of rotatable bonds is 2. The van der Waals surface area contributed by atoms with Crippen LogP contribution in [0.2, 0.25) is 0 Å². The van der Waals surface area contributed by atoms with E-state index in [0.717, 1.165) is 29.6 Å². The summed E-state index contributed by atoms with van der Waals surface area (Å²) >= 11 is 0. The molecule has 1 saturated heterocycles. The van der Waals surface area contributed by atoms with E-state index in [9.17, 15) is 0 Å². The molecular weight excluding hydrogens is 338 g/mol. The van der Waals surface area contributed by atoms with Gasteiger partial charge in [0.1, 0.15) is 0 Å². The zero-order chi connectivity index (χ0) is 19.5. The van der Waals surface area contributed by atoms with Crippen LogP contribution in [-0.2, 0) is 0 Å². The molecule has 0 spiro atoms. The fourth-order valence-corrected chi connectivity index (χ4v) is 8.75. The first-order chi connectivity index (χ1) is 13.4. The van der Waals surface area contributed by atoms with Crippen molar-refractivity contribution in [1.29, 1.82) is 0 Å². The number of likely N-dealkylation sites (tertiary alicyclic amines) is 1. The van der Waals surface area contributed by atoms with Crippen molar-refractivity contribution in [3.63, 3.8) is 0 Å². The molecule has 0 aromatic carbocycles. The van der Waals surface area contributed by atoms with E-state index in [1.807, 2.05) is 5.57 Å². The molecule has 28 heavy (non-hydrogen) atoms. The van der Waals surface area contributed by atoms with Crippen LogP contribution in [0.25, 0.3) is 0 Å². The smallest absolute Gasteiger partial charge is 0.00100 e. The molecular formula is C27H43N. The zero-order valence-corrected chi connectivity index (χ0v) is 18.8. The Bertz CT molecular complexity index is 661. The quantitative estimate of drug-likeness (QED) is 0.473. The standard InChI is InChI=1S/C27H43N/c1-19-5-10-24-23-9-8-22-17-20(6-7-21-13-16-28(4)18-21)11-14-27(22,3)25(23)12-15-26(19,24)2/h6,21-25H,1,5,7-18H2,2-4H3/b20-6+/t21?,22?,23?,24?,25?,26-,27+/m1/s1. The minimum atomic E-state index is 0.485. The van der Waals surface area contributed by atoms with E-state index in [-0.39, 0.29) is 0 Å². The maximum Gasteiger partial charge on any atom is 0.00100 e. The van der Waals surface area contributed by atoms with E-state index in [1.165, 1.54) is 83.7 Å². The van der Waals surface area contributed by atoms with Gasteiger partial charge in [-0.3, -0.25) is 0 Å². The van der Waals surface area contributed by atoms with Crippen LogP contribution in [0.4, 0.5) is 0 Å². The van der Waals surface area contributed by atoms with Crippen LogP contribution in [0.15, 0.2) is 23.8 Å². The number of allylic oxidation sites excluding steroid dienone is 3. The summed E-state index contributed by atoms with van der Waals surface area (Å²) in [4.78, 5) is 2.51. The summed E-state index contributed by atoms with van der Waals surface area (Å²) in [5, 5.41) is 0. The highest BCUT2D eigenvalue weighted by Crippen LogP contribution is 2.67. The zero-order valence-electron chi connectivity index (χ0n) is 18.8. The lowest BCUT2D eigenvalue weighted by Crippen LogP contribution is -2.52. The summed E-state index contributed by atoms with van der Waals surface area (Å²) < 4.78 is 0. The first kappa shape index (κ1) is 19.4. The predicted octanol–water partition coefficient (Wildman–Crippen LogP) is 6.85. The molecule has 5 unspecified atom stereocenters. The highest BCUT2D eigenvalue weighted by atomic mass is 15.1. The maximum atomic E-state index is 4.50. The van der Waals surface area contributed by atoms with Crippen molar-refractivity contribution in [2.24, 2.45) is 40.4 Å². The second-order valence-electron chi connectivity index (χ2n) is 12.0. The maximum absolute atomic E-state index is 4.50. The summed E-state index contributed by atoms with van der Waals surface area (Å²) in [6.07, 6.45) is 18.4. The van der Waals surface area contributed by atoms with Crippen LogP contribution in [0, 0.1) is 40.4 Å². The molecule has 0 radical (unpaired) electrons. The highest BCUT2D eigenvalue weighted by molar-refractivity contribution is 5.22. The Morgan fingerprint density at radius 1 is 1.04 bits per heavy atom. The van der Waals surface area contributed by atoms with E-state index >= 15 is 0 Å². The van der Waals surface area contributed by atoms with Gasteiger partial charge >= 0.3 is 0 Å². The third-order valence-corrected chi connectivity index (χ3v) is 10.7. The Morgan fingerprint density at radius 3 is 2.68 bits per heavy atom. The molecule has 4 aliphatic carbocycles. The van der Waals surface area contributed by atoms with Gasteiger partial charge in [0.2, 0.25) is 0 Å². The van der Waals surface area contributed by atoms with Crippen LogP contribution in [0.3, 0.4) is 0 Å². The molecule has 0 amide bonds. The normalized spacial score (nSPS) is 50.5. The molecule has 0 bridgehead atoms. The van der Waals surface area contributed by atoms with Crippen molar-refractivity contribution >= 4 is 0 Å². The monoisotopic (exact) mass is 381 g/mol. The van der Waals surface area contributed by atoms with Crippen molar-refractivity contribution in [2.45, 2.75) is 84.5 Å². The molecule has 0 aromatic heterocycles. The Kier molecular flexibility index (Phi) is 4.85. The van der Waals surface area contributed by atoms with Gasteiger partial charge in [0.05, 0.1) is 0 Å². The second kappa shape index (κ2) is 7.00. The lowest BCUT2D eigenvalue weighted by Gasteiger charge is -2.60. The van der Waals surface area contributed by atoms with Crippen LogP contribution in [0.1, 0.15) is 84.5 Å². The summed E-state index contributed by atoms with van der Waals surface area (Å²) in [5.41, 5.74) is 4.53. The van der Waals surface area contributed by atoms with E-state index in [4.69, 9.17) is 0 Å². The second-order valence-corrected chi connectivity index (χ2v) is 12.0. The van der Waals surface area contributed by atoms with Gasteiger partial charge in [0.25, 0.3) is 0 Å². The third-order valence-electron chi connectivity index (χ3n) is 10.7. The molecule has 1 nitrogen and oxygen atoms in total. The minimum Gasteiger partial charge on any atom is -0.306 e. The van der Waals surface area contributed by atoms with Crippen LogP contribution >= 0.6 is 0 Å². The Labute approximate surface area is 174 Å². The van der Waals surface area contributed by atoms with Crippen LogP contribution in [-0.4, -0.2) is 25.0 Å². The average molecular weight is 382 g/mol. The van der Waals surface area contributed by atoms with Crippen LogP contribution in [0.5, 0.6) is 0 Å². The lowest BCUT2D eigenvalue weighted by molar-refractivity contribution is -0.0904. The SMILES string of the molecule is C=C1CCC2C3CCC4C/C(=C/CC5CCN(C)C5)CC[C@]4(C)C3CC[C@]12C. The van der Waals surface area contributed by atoms with Gasteiger partial charge in [-0.05, 0) is 125 Å². The van der Waals surface area contributed by atoms with Crippen molar-refractivity contribution < 1.29 is 0 Å². The van der Waals surface area contributed by atoms with Gasteiger partial charge in [-0.2, -0.15) is 0 Å². The first-order valence-corrected chi connectivity index (χ1v) is 12.4. The molecule has 0 aromatic rings. The number of hydrogen-bond donors (Lipinski definition) is 0. The van der Waals surface area contributed by atoms with Gasteiger partial charge in [-0.1, -0.05) is 37.6 Å². The molecule has 5 fully saturated rings. The summed E-state index contributed by atoms with van der Waals surface area (Å²) in [5.74, 6) is 4.84. The van der Waals surface area contributed by atoms with E-state index in [1.54, 1.807) is 5.57 Å². The number of fused-ring (bicyclic) bond motifs is 5. The predicted molar refractivity (Wildman–Crippen MR) is 119 cm³/mol. The fourth-order valence-electron chi connectivity index (χ4n) is 8.75. The van der Waals surface area contributed by atoms with Crippen molar-refractivity contribution in [3.05, 3.63) is 23.8 Å². The molecule has 4 saturated carbocycles. The molecule has 1 heterocycles. The topological polar surface area (TPSA) is 3.24 Å². The van der Waals surface area contributed by atoms with Gasteiger partial charge < -0.3 is 4.90 Å². The average Bonchev–Trinajstić information content (AvgIpc) is 3.23. The lowest BCUT2D eigenvalue weighted by atomic mass is 9.45. The van der Waals surface area contributed by atoms with Gasteiger partial charge in [-0.25, -0.2) is 0 Å². The highest BCUT2D eigenvalue weighted by Gasteiger charge is 2.58. The molecule has 1 aliphatic heterocycles. The molecule has 5 aliphatic rings. The molecule has 5 rings (SSSR count). The van der Waals surface area contributed by atoms with Crippen LogP contribution < -0.4 is 0 Å². The van der Waals surface area contributed by atoms with Crippen molar-refractivity contribution in [3.8, 4) is 0 Å². The molecule has 0 N–H and O–H groups in total. The largest absolute Gasteiger partial charge is 0.306 e. The van der Waals surface area contributed by atoms with E-state index in [2.05, 4.69) is 38.5 Å². The Hall–Kier alpha value is -0.560. The van der Waals surface area contributed by atoms with Gasteiger partial charge in [0, 0.05) is 6.54 Å². The minimum absolute atomic E-state index is 0.485. The van der Waals surface area contributed by atoms with Crippen molar-refractivity contribution in [1.82, 2.24) is 4.90 Å². The van der Waals surface area contributed by atoms with E-state index < -0.39 is 0 Å². The Balaban J connectivity index is 1.28. The number of hydrogen-bond acceptors (Lipinski definition) is 1. The number of nitrogens with zero attached hydrogens (tertiary/aromatic N) is 1. The molecule has 156 valence electrons. The van der Waals surface area contributed by atoms with E-state index in [0.29, 0.717) is 10.8 Å². The fraction of sp³-hybridized carbons (Fsp3) is 0.852. The van der Waals surface area contributed by atoms with Gasteiger partial charge in [-0.15, -0.1) is 0 Å².